The van der Waals surface area contributed by atoms with Gasteiger partial charge < -0.3 is 9.64 Å². The molecule has 0 radical (unpaired) electrons. The predicted octanol–water partition coefficient (Wildman–Crippen LogP) is 2.17. The summed E-state index contributed by atoms with van der Waals surface area (Å²) in [5.41, 5.74) is 5.07. The van der Waals surface area contributed by atoms with Gasteiger partial charge in [0.1, 0.15) is 13.1 Å². The summed E-state index contributed by atoms with van der Waals surface area (Å²) in [4.78, 5) is 6.54. The fourth-order valence-electron chi connectivity index (χ4n) is 2.88. The molecular weight excluding hydrogens is 292 g/mol. The molecule has 22 heavy (non-hydrogen) atoms. The summed E-state index contributed by atoms with van der Waals surface area (Å²) in [6, 6.07) is 6.73. The van der Waals surface area contributed by atoms with Gasteiger partial charge in [-0.05, 0) is 55.7 Å². The maximum Gasteiger partial charge on any atom is 0.101 e. The molecule has 1 aliphatic rings. The lowest BCUT2D eigenvalue weighted by Crippen LogP contribution is -3.14. The smallest absolute Gasteiger partial charge is 0.101 e. The molecule has 2 aromatic rings. The van der Waals surface area contributed by atoms with Crippen LogP contribution < -0.4 is 4.90 Å². The molecule has 1 aliphatic heterocycles. The average molecular weight is 317 g/mol. The van der Waals surface area contributed by atoms with Gasteiger partial charge in [-0.3, -0.25) is 0 Å². The Labute approximate surface area is 137 Å². The van der Waals surface area contributed by atoms with Gasteiger partial charge in [0.15, 0.2) is 0 Å². The number of nitrogens with one attached hydrogen (secondary N) is 1. The topological polar surface area (TPSA) is 26.6 Å². The number of ether oxygens (including phenoxy) is 1. The molecule has 0 bridgehead atoms. The van der Waals surface area contributed by atoms with Crippen LogP contribution in [0.2, 0.25) is 0 Å². The van der Waals surface area contributed by atoms with E-state index in [9.17, 15) is 0 Å². The van der Waals surface area contributed by atoms with E-state index in [2.05, 4.69) is 39.0 Å². The van der Waals surface area contributed by atoms with Crippen molar-refractivity contribution in [2.45, 2.75) is 25.8 Å². The highest BCUT2D eigenvalue weighted by Crippen LogP contribution is 2.25. The Morgan fingerprint density at radius 3 is 2.50 bits per heavy atom. The summed E-state index contributed by atoms with van der Waals surface area (Å²) in [7, 11) is 0. The lowest BCUT2D eigenvalue weighted by molar-refractivity contribution is -0.905. The Morgan fingerprint density at radius 2 is 1.73 bits per heavy atom. The van der Waals surface area contributed by atoms with Crippen molar-refractivity contribution >= 4 is 22.7 Å². The second kappa shape index (κ2) is 6.99. The summed E-state index contributed by atoms with van der Waals surface area (Å²) in [5, 5.41) is 2.44. The number of fused-ring (bicyclic) bond motifs is 1. The van der Waals surface area contributed by atoms with Crippen molar-refractivity contribution in [2.75, 3.05) is 38.6 Å². The number of hydrogen-bond acceptors (Lipinski definition) is 3. The SMILES string of the molecule is Cc1cc2cc(C)c(SCC[NH+]3CCOCC3)nc2cc1C. The van der Waals surface area contributed by atoms with Crippen molar-refractivity contribution < 1.29 is 9.64 Å². The number of morpholine rings is 1. The van der Waals surface area contributed by atoms with Crippen LogP contribution in [-0.4, -0.2) is 43.6 Å². The number of thioether (sulfide) groups is 1. The highest BCUT2D eigenvalue weighted by molar-refractivity contribution is 7.99. The number of aryl methyl sites for hydroxylation is 3. The molecule has 0 aliphatic carbocycles. The Balaban J connectivity index is 1.70. The van der Waals surface area contributed by atoms with E-state index in [4.69, 9.17) is 9.72 Å². The normalized spacial score (nSPS) is 16.3. The fourth-order valence-corrected chi connectivity index (χ4v) is 3.91. The van der Waals surface area contributed by atoms with Crippen LogP contribution in [0, 0.1) is 20.8 Å². The van der Waals surface area contributed by atoms with E-state index >= 15 is 0 Å². The molecule has 2 heterocycles. The predicted molar refractivity (Wildman–Crippen MR) is 93.1 cm³/mol. The first kappa shape index (κ1) is 15.8. The molecule has 0 amide bonds. The molecule has 0 unspecified atom stereocenters. The van der Waals surface area contributed by atoms with Gasteiger partial charge in [-0.15, -0.1) is 11.8 Å². The third-order valence-corrected chi connectivity index (χ3v) is 5.56. The van der Waals surface area contributed by atoms with Gasteiger partial charge in [0.05, 0.1) is 30.3 Å². The quantitative estimate of drug-likeness (QED) is 0.876. The standard InChI is InChI=1S/C18H24N2OS/c1-13-10-16-11-15(3)18(19-17(16)12-14(13)2)22-9-6-20-4-7-21-8-5-20/h10-12H,4-9H2,1-3H3/p+1. The second-order valence-corrected chi connectivity index (χ2v) is 7.28. The largest absolute Gasteiger partial charge is 0.370 e. The number of aromatic nitrogens is 1. The van der Waals surface area contributed by atoms with Gasteiger partial charge in [0.25, 0.3) is 0 Å². The molecule has 118 valence electrons. The van der Waals surface area contributed by atoms with Gasteiger partial charge in [0.2, 0.25) is 0 Å². The molecule has 1 aromatic heterocycles. The van der Waals surface area contributed by atoms with Crippen LogP contribution in [0.3, 0.4) is 0 Å². The van der Waals surface area contributed by atoms with Crippen LogP contribution in [0.15, 0.2) is 23.2 Å². The lowest BCUT2D eigenvalue weighted by Gasteiger charge is -2.23. The number of nitrogens with zero attached hydrogens (tertiary/aromatic N) is 1. The van der Waals surface area contributed by atoms with Gasteiger partial charge in [0, 0.05) is 11.1 Å². The van der Waals surface area contributed by atoms with Crippen molar-refractivity contribution in [1.29, 1.82) is 0 Å². The second-order valence-electron chi connectivity index (χ2n) is 6.20. The summed E-state index contributed by atoms with van der Waals surface area (Å²) in [6.45, 7) is 11.8. The van der Waals surface area contributed by atoms with E-state index in [0.717, 1.165) is 37.6 Å². The van der Waals surface area contributed by atoms with Crippen LogP contribution in [0.5, 0.6) is 0 Å². The third-order valence-electron chi connectivity index (χ3n) is 4.47. The minimum Gasteiger partial charge on any atom is -0.370 e. The zero-order valence-electron chi connectivity index (χ0n) is 13.7. The average Bonchev–Trinajstić information content (AvgIpc) is 2.51. The number of hydrogen-bond donors (Lipinski definition) is 1. The van der Waals surface area contributed by atoms with Crippen molar-refractivity contribution in [3.63, 3.8) is 0 Å². The molecule has 1 fully saturated rings. The van der Waals surface area contributed by atoms with Crippen LogP contribution in [0.25, 0.3) is 10.9 Å². The van der Waals surface area contributed by atoms with Crippen molar-refractivity contribution in [3.05, 3.63) is 34.9 Å². The molecule has 1 N–H and O–H groups in total. The van der Waals surface area contributed by atoms with Crippen LogP contribution >= 0.6 is 11.8 Å². The fraction of sp³-hybridized carbons (Fsp3) is 0.500. The molecule has 0 saturated carbocycles. The van der Waals surface area contributed by atoms with Crippen molar-refractivity contribution in [1.82, 2.24) is 4.98 Å². The van der Waals surface area contributed by atoms with E-state index in [1.54, 1.807) is 4.90 Å². The highest BCUT2D eigenvalue weighted by atomic mass is 32.2. The van der Waals surface area contributed by atoms with E-state index in [0.29, 0.717) is 0 Å². The Kier molecular flexibility index (Phi) is 5.01. The van der Waals surface area contributed by atoms with E-state index in [-0.39, 0.29) is 0 Å². The molecule has 4 heteroatoms. The van der Waals surface area contributed by atoms with E-state index < -0.39 is 0 Å². The molecular formula is C18H25N2OS+. The van der Waals surface area contributed by atoms with Crippen molar-refractivity contribution in [3.8, 4) is 0 Å². The van der Waals surface area contributed by atoms with Gasteiger partial charge in [-0.25, -0.2) is 4.98 Å². The molecule has 1 saturated heterocycles. The zero-order chi connectivity index (χ0) is 15.5. The van der Waals surface area contributed by atoms with Gasteiger partial charge in [-0.2, -0.15) is 0 Å². The molecule has 3 nitrogen and oxygen atoms in total. The number of benzene rings is 1. The Hall–Kier alpha value is -1.10. The van der Waals surface area contributed by atoms with E-state index in [1.165, 1.54) is 33.6 Å². The highest BCUT2D eigenvalue weighted by Gasteiger charge is 2.14. The first-order valence-corrected chi connectivity index (χ1v) is 9.05. The molecule has 3 rings (SSSR count). The first-order chi connectivity index (χ1) is 10.6. The number of rotatable bonds is 4. The van der Waals surface area contributed by atoms with E-state index in [1.807, 2.05) is 11.8 Å². The maximum absolute atomic E-state index is 5.41. The summed E-state index contributed by atoms with van der Waals surface area (Å²) < 4.78 is 5.41. The minimum atomic E-state index is 0.909. The lowest BCUT2D eigenvalue weighted by atomic mass is 10.1. The van der Waals surface area contributed by atoms with Crippen molar-refractivity contribution in [2.24, 2.45) is 0 Å². The maximum atomic E-state index is 5.41. The molecule has 1 aromatic carbocycles. The summed E-state index contributed by atoms with van der Waals surface area (Å²) in [5.74, 6) is 1.12. The molecule has 0 spiro atoms. The zero-order valence-corrected chi connectivity index (χ0v) is 14.6. The Morgan fingerprint density at radius 1 is 1.05 bits per heavy atom. The Bertz CT molecular complexity index is 666. The van der Waals surface area contributed by atoms with Crippen LogP contribution in [0.4, 0.5) is 0 Å². The third kappa shape index (κ3) is 3.62. The monoisotopic (exact) mass is 317 g/mol. The number of quaternary nitrogens is 1. The summed E-state index contributed by atoms with van der Waals surface area (Å²) >= 11 is 1.89. The van der Waals surface area contributed by atoms with Gasteiger partial charge >= 0.3 is 0 Å². The van der Waals surface area contributed by atoms with Crippen LogP contribution in [0.1, 0.15) is 16.7 Å². The van der Waals surface area contributed by atoms with Gasteiger partial charge in [-0.1, -0.05) is 0 Å². The number of pyridine rings is 1. The van der Waals surface area contributed by atoms with Crippen LogP contribution in [-0.2, 0) is 4.74 Å². The molecule has 0 atom stereocenters. The first-order valence-electron chi connectivity index (χ1n) is 8.06. The minimum absolute atomic E-state index is 0.909. The summed E-state index contributed by atoms with van der Waals surface area (Å²) in [6.07, 6.45) is 0.